The van der Waals surface area contributed by atoms with Gasteiger partial charge in [-0.25, -0.2) is 9.55 Å². The zero-order chi connectivity index (χ0) is 21.2. The maximum Gasteiger partial charge on any atom is 0.469 e. The first-order valence-electron chi connectivity index (χ1n) is 8.62. The average Bonchev–Trinajstić information content (AvgIpc) is 3.19. The number of phosphoric acid groups is 1. The Bertz CT molecular complexity index is 948. The number of ether oxygens (including phenoxy) is 1. The van der Waals surface area contributed by atoms with Crippen LogP contribution in [-0.2, 0) is 13.8 Å². The molecule has 2 aromatic rings. The Balaban J connectivity index is 1.82. The highest BCUT2D eigenvalue weighted by atomic mass is 32.2. The minimum absolute atomic E-state index is 0.0138. The first kappa shape index (κ1) is 22.2. The largest absolute Gasteiger partial charge is 0.469 e. The molecule has 2 aromatic heterocycles. The highest BCUT2D eigenvalue weighted by Gasteiger charge is 2.45. The number of nitrogens with zero attached hydrogens (tertiary/aromatic N) is 3. The Morgan fingerprint density at radius 1 is 1.41 bits per heavy atom. The van der Waals surface area contributed by atoms with Crippen molar-refractivity contribution < 1.29 is 33.8 Å². The third-order valence-corrected chi connectivity index (χ3v) is 5.45. The quantitative estimate of drug-likeness (QED) is 0.202. The van der Waals surface area contributed by atoms with Gasteiger partial charge < -0.3 is 30.1 Å². The van der Waals surface area contributed by atoms with E-state index in [0.29, 0.717) is 6.54 Å². The monoisotopic (exact) mass is 451 g/mol. The molecule has 4 unspecified atom stereocenters. The van der Waals surface area contributed by atoms with Crippen LogP contribution >= 0.6 is 19.6 Å². The van der Waals surface area contributed by atoms with Crippen molar-refractivity contribution in [2.75, 3.05) is 30.5 Å². The summed E-state index contributed by atoms with van der Waals surface area (Å²) in [6.45, 7) is -0.0472. The molecule has 1 saturated heterocycles. The molecule has 0 radical (unpaired) electrons. The Morgan fingerprint density at radius 2 is 2.17 bits per heavy atom. The summed E-state index contributed by atoms with van der Waals surface area (Å²) in [5.74, 6) is 1.16. The van der Waals surface area contributed by atoms with Crippen LogP contribution in [0.2, 0.25) is 0 Å². The van der Waals surface area contributed by atoms with Crippen molar-refractivity contribution in [2.45, 2.75) is 31.0 Å². The molecule has 3 rings (SSSR count). The van der Waals surface area contributed by atoms with Crippen molar-refractivity contribution in [3.8, 4) is 0 Å². The van der Waals surface area contributed by atoms with Crippen molar-refractivity contribution in [1.82, 2.24) is 19.5 Å². The summed E-state index contributed by atoms with van der Waals surface area (Å²) in [5.41, 5.74) is -0.357. The fourth-order valence-electron chi connectivity index (χ4n) is 2.89. The Hall–Kier alpha value is -1.51. The Kier molecular flexibility index (Phi) is 6.96. The Labute approximate surface area is 168 Å². The molecule has 0 saturated carbocycles. The van der Waals surface area contributed by atoms with E-state index in [1.54, 1.807) is 11.8 Å². The third-order valence-electron chi connectivity index (χ3n) is 4.27. The average molecular weight is 451 g/mol. The number of aliphatic hydroxyl groups excluding tert-OH is 2. The highest BCUT2D eigenvalue weighted by Crippen LogP contribution is 2.38. The summed E-state index contributed by atoms with van der Waals surface area (Å²) in [4.78, 5) is 40.7. The summed E-state index contributed by atoms with van der Waals surface area (Å²) in [6, 6.07) is 0. The van der Waals surface area contributed by atoms with Crippen LogP contribution in [0.4, 0.5) is 5.95 Å². The first-order valence-corrected chi connectivity index (χ1v) is 11.5. The van der Waals surface area contributed by atoms with Crippen LogP contribution in [0.3, 0.4) is 0 Å². The first-order chi connectivity index (χ1) is 13.7. The van der Waals surface area contributed by atoms with Crippen LogP contribution < -0.4 is 10.9 Å². The van der Waals surface area contributed by atoms with Gasteiger partial charge in [0.1, 0.15) is 18.3 Å². The number of fused-ring (bicyclic) bond motifs is 1. The summed E-state index contributed by atoms with van der Waals surface area (Å²) >= 11 is 1.70. The molecule has 4 atom stereocenters. The van der Waals surface area contributed by atoms with Gasteiger partial charge in [0.2, 0.25) is 5.95 Å². The summed E-state index contributed by atoms with van der Waals surface area (Å²) in [5, 5.41) is 23.5. The van der Waals surface area contributed by atoms with Gasteiger partial charge in [-0.1, -0.05) is 0 Å². The van der Waals surface area contributed by atoms with Crippen molar-refractivity contribution in [1.29, 1.82) is 0 Å². The van der Waals surface area contributed by atoms with Gasteiger partial charge in [-0.2, -0.15) is 16.7 Å². The number of phosphoric ester groups is 1. The van der Waals surface area contributed by atoms with Gasteiger partial charge in [0.15, 0.2) is 17.4 Å². The minimum Gasteiger partial charge on any atom is -0.387 e. The van der Waals surface area contributed by atoms with E-state index in [1.807, 2.05) is 6.26 Å². The number of anilines is 1. The number of thioether (sulfide) groups is 1. The standard InChI is InChI=1S/C14H22N5O8PS/c1-29-4-2-3-15-14-17-11-8(12(22)18-14)16-6-19(11)13-10(21)9(20)7(27-13)5-26-28(23,24)25/h6-7,9-10,13,20-21H,2-5H2,1H3,(H2,23,24,25)(H2,15,17,18,22). The SMILES string of the molecule is CSCCCNc1nc2c(ncn2C2OC(COP(=O)(O)O)C(O)C2O)c(=O)[nH]1. The molecule has 0 spiro atoms. The lowest BCUT2D eigenvalue weighted by atomic mass is 10.1. The van der Waals surface area contributed by atoms with Crippen molar-refractivity contribution in [3.05, 3.63) is 16.7 Å². The van der Waals surface area contributed by atoms with Crippen molar-refractivity contribution in [2.24, 2.45) is 0 Å². The number of H-pyrrole nitrogens is 1. The van der Waals surface area contributed by atoms with Gasteiger partial charge in [-0.3, -0.25) is 18.9 Å². The van der Waals surface area contributed by atoms with E-state index in [2.05, 4.69) is 24.8 Å². The predicted molar refractivity (Wildman–Crippen MR) is 104 cm³/mol. The van der Waals surface area contributed by atoms with E-state index in [0.717, 1.165) is 12.2 Å². The second-order valence-electron chi connectivity index (χ2n) is 6.34. The third kappa shape index (κ3) is 5.16. The number of aromatic amines is 1. The van der Waals surface area contributed by atoms with Gasteiger partial charge in [0.25, 0.3) is 5.56 Å². The second-order valence-corrected chi connectivity index (χ2v) is 8.57. The lowest BCUT2D eigenvalue weighted by molar-refractivity contribution is -0.0503. The fraction of sp³-hybridized carbons (Fsp3) is 0.643. The zero-order valence-corrected chi connectivity index (χ0v) is 17.0. The summed E-state index contributed by atoms with van der Waals surface area (Å²) in [7, 11) is -4.77. The molecule has 6 N–H and O–H groups in total. The van der Waals surface area contributed by atoms with Crippen LogP contribution in [0.1, 0.15) is 12.6 Å². The second kappa shape index (κ2) is 9.10. The van der Waals surface area contributed by atoms with E-state index < -0.39 is 44.5 Å². The van der Waals surface area contributed by atoms with E-state index in [1.165, 1.54) is 10.9 Å². The van der Waals surface area contributed by atoms with Gasteiger partial charge in [-0.05, 0) is 18.4 Å². The lowest BCUT2D eigenvalue weighted by Crippen LogP contribution is -2.33. The molecule has 162 valence electrons. The van der Waals surface area contributed by atoms with Crippen LogP contribution in [0.5, 0.6) is 0 Å². The predicted octanol–water partition coefficient (Wildman–Crippen LogP) is -0.987. The van der Waals surface area contributed by atoms with Crippen LogP contribution in [0.25, 0.3) is 11.2 Å². The van der Waals surface area contributed by atoms with Gasteiger partial charge in [0, 0.05) is 6.54 Å². The molecule has 0 bridgehead atoms. The van der Waals surface area contributed by atoms with E-state index in [4.69, 9.17) is 14.5 Å². The van der Waals surface area contributed by atoms with E-state index >= 15 is 0 Å². The molecule has 0 aliphatic carbocycles. The minimum atomic E-state index is -4.77. The zero-order valence-electron chi connectivity index (χ0n) is 15.3. The summed E-state index contributed by atoms with van der Waals surface area (Å²) in [6.07, 6.45) is -1.24. The fourth-order valence-corrected chi connectivity index (χ4v) is 3.66. The Morgan fingerprint density at radius 3 is 2.86 bits per heavy atom. The molecule has 3 heterocycles. The van der Waals surface area contributed by atoms with Crippen LogP contribution in [0.15, 0.2) is 11.1 Å². The number of hydrogen-bond acceptors (Lipinski definition) is 10. The van der Waals surface area contributed by atoms with Crippen LogP contribution in [0, 0.1) is 0 Å². The summed E-state index contributed by atoms with van der Waals surface area (Å²) < 4.78 is 22.0. The van der Waals surface area contributed by atoms with E-state index in [9.17, 15) is 19.6 Å². The molecule has 29 heavy (non-hydrogen) atoms. The molecular formula is C14H22N5O8PS. The number of rotatable bonds is 9. The van der Waals surface area contributed by atoms with Crippen molar-refractivity contribution >= 4 is 36.7 Å². The number of aliphatic hydroxyl groups is 2. The maximum absolute atomic E-state index is 12.3. The van der Waals surface area contributed by atoms with Crippen LogP contribution in [-0.4, -0.2) is 83.0 Å². The molecule has 0 amide bonds. The maximum atomic E-state index is 12.3. The van der Waals surface area contributed by atoms with Crippen molar-refractivity contribution in [3.63, 3.8) is 0 Å². The number of nitrogens with one attached hydrogen (secondary N) is 2. The topological polar surface area (TPSA) is 192 Å². The van der Waals surface area contributed by atoms with E-state index in [-0.39, 0.29) is 17.1 Å². The van der Waals surface area contributed by atoms with Gasteiger partial charge in [-0.15, -0.1) is 0 Å². The van der Waals surface area contributed by atoms with Gasteiger partial charge >= 0.3 is 7.82 Å². The van der Waals surface area contributed by atoms with Gasteiger partial charge in [0.05, 0.1) is 12.9 Å². The highest BCUT2D eigenvalue weighted by molar-refractivity contribution is 7.98. The molecule has 1 fully saturated rings. The number of hydrogen-bond donors (Lipinski definition) is 6. The number of imidazole rings is 1. The molecule has 0 aromatic carbocycles. The molecule has 1 aliphatic rings. The smallest absolute Gasteiger partial charge is 0.387 e. The molecule has 13 nitrogen and oxygen atoms in total. The number of aromatic nitrogens is 4. The molecule has 15 heteroatoms. The molecular weight excluding hydrogens is 429 g/mol. The normalized spacial score (nSPS) is 25.0. The molecule has 1 aliphatic heterocycles. The lowest BCUT2D eigenvalue weighted by Gasteiger charge is -2.16.